The van der Waals surface area contributed by atoms with Crippen LogP contribution in [0.25, 0.3) is 0 Å². The maximum Gasteiger partial charge on any atom is 0.292 e. The molecule has 0 spiro atoms. The lowest BCUT2D eigenvalue weighted by molar-refractivity contribution is -0.383. The zero-order valence-electron chi connectivity index (χ0n) is 11.5. The topological polar surface area (TPSA) is 89.5 Å². The minimum Gasteiger partial charge on any atom is -0.393 e. The fourth-order valence-electron chi connectivity index (χ4n) is 2.26. The van der Waals surface area contributed by atoms with E-state index in [1.165, 1.54) is 12.1 Å². The van der Waals surface area contributed by atoms with Crippen LogP contribution in [-0.4, -0.2) is 39.3 Å². The Kier molecular flexibility index (Phi) is 3.89. The predicted molar refractivity (Wildman–Crippen MR) is 79.9 cm³/mol. The molecule has 0 aromatic heterocycles. The molecule has 20 heavy (non-hydrogen) atoms. The molecule has 1 heterocycles. The molecule has 1 aliphatic rings. The summed E-state index contributed by atoms with van der Waals surface area (Å²) in [5.74, 6) is 0.618. The molecule has 2 N–H and O–H groups in total. The van der Waals surface area contributed by atoms with E-state index in [2.05, 4.69) is 13.8 Å². The van der Waals surface area contributed by atoms with Crippen molar-refractivity contribution in [3.63, 3.8) is 0 Å². The lowest BCUT2D eigenvalue weighted by Gasteiger charge is -2.37. The first-order valence-corrected chi connectivity index (χ1v) is 7.26. The van der Waals surface area contributed by atoms with Gasteiger partial charge >= 0.3 is 0 Å². The Labute approximate surface area is 121 Å². The van der Waals surface area contributed by atoms with E-state index in [9.17, 15) is 14.9 Å². The molecule has 0 atom stereocenters. The van der Waals surface area contributed by atoms with Crippen molar-refractivity contribution in [2.24, 2.45) is 0 Å². The summed E-state index contributed by atoms with van der Waals surface area (Å²) in [5, 5.41) is 10.9. The first kappa shape index (κ1) is 14.6. The van der Waals surface area contributed by atoms with E-state index in [4.69, 9.17) is 5.73 Å². The van der Waals surface area contributed by atoms with Crippen LogP contribution < -0.4 is 5.73 Å². The van der Waals surface area contributed by atoms with Crippen LogP contribution in [-0.2, 0) is 0 Å². The van der Waals surface area contributed by atoms with Gasteiger partial charge in [-0.15, -0.1) is 0 Å². The molecule has 108 valence electrons. The largest absolute Gasteiger partial charge is 0.393 e. The third-order valence-corrected chi connectivity index (χ3v) is 4.52. The highest BCUT2D eigenvalue weighted by Crippen LogP contribution is 2.32. The summed E-state index contributed by atoms with van der Waals surface area (Å²) in [6.45, 7) is 5.40. The van der Waals surface area contributed by atoms with Gasteiger partial charge < -0.3 is 10.6 Å². The van der Waals surface area contributed by atoms with Gasteiger partial charge in [-0.25, -0.2) is 0 Å². The van der Waals surface area contributed by atoms with Crippen LogP contribution in [0.3, 0.4) is 0 Å². The van der Waals surface area contributed by atoms with Crippen LogP contribution in [0.2, 0.25) is 0 Å². The van der Waals surface area contributed by atoms with Gasteiger partial charge in [0.2, 0.25) is 0 Å². The molecule has 7 heteroatoms. The molecular formula is C13H17N3O3S. The van der Waals surface area contributed by atoms with Gasteiger partial charge in [-0.3, -0.25) is 14.9 Å². The molecule has 0 aliphatic carbocycles. The highest BCUT2D eigenvalue weighted by Gasteiger charge is 2.31. The van der Waals surface area contributed by atoms with Gasteiger partial charge in [0.1, 0.15) is 5.69 Å². The number of hydrogen-bond acceptors (Lipinski definition) is 5. The van der Waals surface area contributed by atoms with Crippen molar-refractivity contribution in [1.29, 1.82) is 0 Å². The molecule has 1 aromatic rings. The van der Waals surface area contributed by atoms with Crippen LogP contribution in [0.15, 0.2) is 18.2 Å². The third kappa shape index (κ3) is 2.87. The van der Waals surface area contributed by atoms with Crippen molar-refractivity contribution in [2.45, 2.75) is 18.6 Å². The summed E-state index contributed by atoms with van der Waals surface area (Å²) < 4.78 is -0.0105. The summed E-state index contributed by atoms with van der Waals surface area (Å²) in [5.41, 5.74) is 5.70. The van der Waals surface area contributed by atoms with Crippen molar-refractivity contribution in [1.82, 2.24) is 4.90 Å². The SMILES string of the molecule is CC1(C)CN(C(=O)c2cccc([N+](=O)[O-])c2N)CCS1. The normalized spacial score (nSPS) is 17.8. The summed E-state index contributed by atoms with van der Waals surface area (Å²) in [6.07, 6.45) is 0. The molecule has 1 aromatic carbocycles. The van der Waals surface area contributed by atoms with Crippen LogP contribution in [0, 0.1) is 10.1 Å². The van der Waals surface area contributed by atoms with E-state index in [1.807, 2.05) is 11.8 Å². The van der Waals surface area contributed by atoms with Crippen molar-refractivity contribution < 1.29 is 9.72 Å². The van der Waals surface area contributed by atoms with Gasteiger partial charge in [0, 0.05) is 29.7 Å². The minimum atomic E-state index is -0.567. The molecule has 0 saturated carbocycles. The van der Waals surface area contributed by atoms with E-state index < -0.39 is 4.92 Å². The Morgan fingerprint density at radius 2 is 2.20 bits per heavy atom. The van der Waals surface area contributed by atoms with Crippen LogP contribution in [0.1, 0.15) is 24.2 Å². The number of amides is 1. The summed E-state index contributed by atoms with van der Waals surface area (Å²) in [6, 6.07) is 4.34. The number of thioether (sulfide) groups is 1. The Balaban J connectivity index is 2.30. The number of anilines is 1. The number of nitrogens with two attached hydrogens (primary N) is 1. The molecule has 2 rings (SSSR count). The molecule has 1 saturated heterocycles. The molecule has 1 aliphatic heterocycles. The van der Waals surface area contributed by atoms with E-state index in [0.29, 0.717) is 13.1 Å². The summed E-state index contributed by atoms with van der Waals surface area (Å²) >= 11 is 1.82. The molecule has 1 amide bonds. The molecule has 1 fully saturated rings. The highest BCUT2D eigenvalue weighted by molar-refractivity contribution is 8.00. The fraction of sp³-hybridized carbons (Fsp3) is 0.462. The number of carbonyl (C=O) groups excluding carboxylic acids is 1. The molecule has 0 radical (unpaired) electrons. The standard InChI is InChI=1S/C13H17N3O3S/c1-13(2)8-15(6-7-20-13)12(17)9-4-3-5-10(11(9)14)16(18)19/h3-5H,6-8,14H2,1-2H3. The smallest absolute Gasteiger partial charge is 0.292 e. The number of nitro benzene ring substituents is 1. The van der Waals surface area contributed by atoms with Crippen LogP contribution >= 0.6 is 11.8 Å². The van der Waals surface area contributed by atoms with Gasteiger partial charge in [-0.05, 0) is 19.9 Å². The van der Waals surface area contributed by atoms with E-state index in [1.54, 1.807) is 11.0 Å². The van der Waals surface area contributed by atoms with Crippen molar-refractivity contribution >= 4 is 29.0 Å². The van der Waals surface area contributed by atoms with E-state index in [-0.39, 0.29) is 27.6 Å². The van der Waals surface area contributed by atoms with Gasteiger partial charge in [0.25, 0.3) is 11.6 Å². The van der Waals surface area contributed by atoms with Crippen molar-refractivity contribution in [3.8, 4) is 0 Å². The number of nitrogens with zero attached hydrogens (tertiary/aromatic N) is 2. The Morgan fingerprint density at radius 1 is 1.50 bits per heavy atom. The lowest BCUT2D eigenvalue weighted by Crippen LogP contribution is -2.46. The van der Waals surface area contributed by atoms with Crippen molar-refractivity contribution in [2.75, 3.05) is 24.6 Å². The van der Waals surface area contributed by atoms with E-state index >= 15 is 0 Å². The molecule has 0 bridgehead atoms. The second-order valence-corrected chi connectivity index (χ2v) is 7.13. The van der Waals surface area contributed by atoms with Gasteiger partial charge in [0.05, 0.1) is 10.5 Å². The Morgan fingerprint density at radius 3 is 2.80 bits per heavy atom. The van der Waals surface area contributed by atoms with Gasteiger partial charge in [0.15, 0.2) is 0 Å². The Hall–Kier alpha value is -1.76. The lowest BCUT2D eigenvalue weighted by atomic mass is 10.1. The number of hydrogen-bond donors (Lipinski definition) is 1. The first-order valence-electron chi connectivity index (χ1n) is 6.28. The zero-order valence-corrected chi connectivity index (χ0v) is 12.3. The first-order chi connectivity index (χ1) is 9.32. The second-order valence-electron chi connectivity index (χ2n) is 5.33. The number of nitro groups is 1. The molecule has 0 unspecified atom stereocenters. The fourth-order valence-corrected chi connectivity index (χ4v) is 3.37. The average Bonchev–Trinajstić information content (AvgIpc) is 2.36. The molecule has 6 nitrogen and oxygen atoms in total. The van der Waals surface area contributed by atoms with Gasteiger partial charge in [-0.1, -0.05) is 6.07 Å². The maximum absolute atomic E-state index is 12.5. The van der Waals surface area contributed by atoms with Crippen LogP contribution in [0.5, 0.6) is 0 Å². The van der Waals surface area contributed by atoms with Crippen LogP contribution in [0.4, 0.5) is 11.4 Å². The zero-order chi connectivity index (χ0) is 14.9. The van der Waals surface area contributed by atoms with Crippen molar-refractivity contribution in [3.05, 3.63) is 33.9 Å². The number of carbonyl (C=O) groups is 1. The third-order valence-electron chi connectivity index (χ3n) is 3.22. The quantitative estimate of drug-likeness (QED) is 0.513. The van der Waals surface area contributed by atoms with Gasteiger partial charge in [-0.2, -0.15) is 11.8 Å². The maximum atomic E-state index is 12.5. The number of para-hydroxylation sites is 1. The number of rotatable bonds is 2. The Bertz CT molecular complexity index is 560. The number of nitrogen functional groups attached to an aromatic ring is 1. The highest BCUT2D eigenvalue weighted by atomic mass is 32.2. The number of benzene rings is 1. The predicted octanol–water partition coefficient (Wildman–Crippen LogP) is 2.14. The summed E-state index contributed by atoms with van der Waals surface area (Å²) in [4.78, 5) is 24.5. The second kappa shape index (κ2) is 5.32. The molecular weight excluding hydrogens is 278 g/mol. The minimum absolute atomic E-state index is 0.0105. The van der Waals surface area contributed by atoms with E-state index in [0.717, 1.165) is 5.75 Å². The summed E-state index contributed by atoms with van der Waals surface area (Å²) in [7, 11) is 0. The average molecular weight is 295 g/mol. The monoisotopic (exact) mass is 295 g/mol.